The van der Waals surface area contributed by atoms with Gasteiger partial charge in [-0.3, -0.25) is 4.79 Å². The van der Waals surface area contributed by atoms with E-state index in [0.29, 0.717) is 5.92 Å². The van der Waals surface area contributed by atoms with Gasteiger partial charge in [0, 0.05) is 11.1 Å². The molecule has 2 N–H and O–H groups in total. The predicted molar refractivity (Wildman–Crippen MR) is 83.9 cm³/mol. The Labute approximate surface area is 122 Å². The largest absolute Gasteiger partial charge is 0.326 e. The topological polar surface area (TPSA) is 41.1 Å². The molecule has 3 heteroatoms. The second-order valence-electron chi connectivity index (χ2n) is 6.52. The van der Waals surface area contributed by atoms with Gasteiger partial charge in [-0.25, -0.2) is 0 Å². The molecule has 110 valence electrons. The molecule has 1 atom stereocenters. The fraction of sp³-hybridized carbons (Fsp3) is 0.588. The highest BCUT2D eigenvalue weighted by Gasteiger charge is 2.37. The van der Waals surface area contributed by atoms with Crippen molar-refractivity contribution in [1.29, 1.82) is 0 Å². The van der Waals surface area contributed by atoms with E-state index in [9.17, 15) is 4.79 Å². The monoisotopic (exact) mass is 274 g/mol. The molecule has 20 heavy (non-hydrogen) atoms. The van der Waals surface area contributed by atoms with Crippen molar-refractivity contribution in [3.05, 3.63) is 29.3 Å². The maximum atomic E-state index is 12.6. The van der Waals surface area contributed by atoms with Crippen LogP contribution in [0.3, 0.4) is 0 Å². The van der Waals surface area contributed by atoms with Crippen molar-refractivity contribution in [3.8, 4) is 0 Å². The zero-order chi connectivity index (χ0) is 14.8. The first kappa shape index (κ1) is 15.0. The number of carbonyl (C=O) groups excluding carboxylic acids is 1. The molecule has 1 saturated heterocycles. The maximum Gasteiger partial charge on any atom is 0.230 e. The first-order valence-electron chi connectivity index (χ1n) is 7.50. The van der Waals surface area contributed by atoms with Crippen LogP contribution in [0.5, 0.6) is 0 Å². The summed E-state index contributed by atoms with van der Waals surface area (Å²) in [5.74, 6) is 0.525. The first-order chi connectivity index (χ1) is 9.41. The quantitative estimate of drug-likeness (QED) is 0.888. The van der Waals surface area contributed by atoms with E-state index in [0.717, 1.165) is 31.6 Å². The lowest BCUT2D eigenvalue weighted by Crippen LogP contribution is -2.44. The highest BCUT2D eigenvalue weighted by Crippen LogP contribution is 2.33. The van der Waals surface area contributed by atoms with Gasteiger partial charge in [-0.2, -0.15) is 0 Å². The van der Waals surface area contributed by atoms with Gasteiger partial charge in [-0.15, -0.1) is 0 Å². The van der Waals surface area contributed by atoms with E-state index in [1.54, 1.807) is 0 Å². The zero-order valence-corrected chi connectivity index (χ0v) is 13.0. The predicted octanol–water partition coefficient (Wildman–Crippen LogP) is 3.27. The second kappa shape index (κ2) is 5.96. The summed E-state index contributed by atoms with van der Waals surface area (Å²) < 4.78 is 0. The standard InChI is InChI=1S/C17H26N2O/c1-12-7-8-15(10-13(12)2)19-16(20)17(3,4)14-6-5-9-18-11-14/h7-8,10,14,18H,5-6,9,11H2,1-4H3,(H,19,20). The lowest BCUT2D eigenvalue weighted by molar-refractivity contribution is -0.127. The lowest BCUT2D eigenvalue weighted by Gasteiger charge is -2.36. The number of amides is 1. The molecule has 1 heterocycles. The van der Waals surface area contributed by atoms with E-state index in [1.807, 2.05) is 12.1 Å². The summed E-state index contributed by atoms with van der Waals surface area (Å²) in [7, 11) is 0. The van der Waals surface area contributed by atoms with Crippen LogP contribution in [0.4, 0.5) is 5.69 Å². The highest BCUT2D eigenvalue weighted by atomic mass is 16.2. The van der Waals surface area contributed by atoms with Gasteiger partial charge in [0.1, 0.15) is 0 Å². The van der Waals surface area contributed by atoms with Crippen molar-refractivity contribution in [1.82, 2.24) is 5.32 Å². The van der Waals surface area contributed by atoms with E-state index < -0.39 is 0 Å². The van der Waals surface area contributed by atoms with E-state index >= 15 is 0 Å². The number of hydrogen-bond acceptors (Lipinski definition) is 2. The molecule has 1 aliphatic heterocycles. The number of benzene rings is 1. The van der Waals surface area contributed by atoms with Crippen molar-refractivity contribution in [2.45, 2.75) is 40.5 Å². The van der Waals surface area contributed by atoms with E-state index in [-0.39, 0.29) is 11.3 Å². The fourth-order valence-corrected chi connectivity index (χ4v) is 2.76. The van der Waals surface area contributed by atoms with E-state index in [4.69, 9.17) is 0 Å². The van der Waals surface area contributed by atoms with Gasteiger partial charge >= 0.3 is 0 Å². The van der Waals surface area contributed by atoms with Crippen LogP contribution in [0.1, 0.15) is 37.8 Å². The van der Waals surface area contributed by atoms with E-state index in [1.165, 1.54) is 11.1 Å². The van der Waals surface area contributed by atoms with Gasteiger partial charge < -0.3 is 10.6 Å². The van der Waals surface area contributed by atoms with Crippen LogP contribution in [-0.2, 0) is 4.79 Å². The Morgan fingerprint density at radius 1 is 1.30 bits per heavy atom. The van der Waals surface area contributed by atoms with Crippen molar-refractivity contribution in [2.75, 3.05) is 18.4 Å². The summed E-state index contributed by atoms with van der Waals surface area (Å²) in [5, 5.41) is 6.48. The van der Waals surface area contributed by atoms with Gasteiger partial charge in [0.15, 0.2) is 0 Å². The normalized spacial score (nSPS) is 19.7. The molecule has 3 nitrogen and oxygen atoms in total. The minimum absolute atomic E-state index is 0.120. The van der Waals surface area contributed by atoms with Crippen molar-refractivity contribution in [3.63, 3.8) is 0 Å². The van der Waals surface area contributed by atoms with Crippen molar-refractivity contribution < 1.29 is 4.79 Å². The number of nitrogens with one attached hydrogen (secondary N) is 2. The SMILES string of the molecule is Cc1ccc(NC(=O)C(C)(C)C2CCCNC2)cc1C. The Bertz CT molecular complexity index is 488. The first-order valence-corrected chi connectivity index (χ1v) is 7.50. The summed E-state index contributed by atoms with van der Waals surface area (Å²) in [5.41, 5.74) is 3.01. The Balaban J connectivity index is 2.07. The molecule has 1 aliphatic rings. The third-order valence-electron chi connectivity index (χ3n) is 4.67. The second-order valence-corrected chi connectivity index (χ2v) is 6.52. The minimum Gasteiger partial charge on any atom is -0.326 e. The summed E-state index contributed by atoms with van der Waals surface area (Å²) in [6, 6.07) is 6.08. The van der Waals surface area contributed by atoms with Crippen LogP contribution in [-0.4, -0.2) is 19.0 Å². The van der Waals surface area contributed by atoms with Gasteiger partial charge in [-0.1, -0.05) is 19.9 Å². The zero-order valence-electron chi connectivity index (χ0n) is 13.0. The molecule has 0 aliphatic carbocycles. The Kier molecular flexibility index (Phi) is 4.48. The Morgan fingerprint density at radius 2 is 2.05 bits per heavy atom. The average Bonchev–Trinajstić information content (AvgIpc) is 2.44. The molecule has 0 spiro atoms. The summed E-state index contributed by atoms with van der Waals surface area (Å²) in [4.78, 5) is 12.6. The van der Waals surface area contributed by atoms with Crippen molar-refractivity contribution >= 4 is 11.6 Å². The fourth-order valence-electron chi connectivity index (χ4n) is 2.76. The molecule has 1 unspecified atom stereocenters. The number of piperidine rings is 1. The average molecular weight is 274 g/mol. The van der Waals surface area contributed by atoms with Gasteiger partial charge in [-0.05, 0) is 69.0 Å². The van der Waals surface area contributed by atoms with Gasteiger partial charge in [0.2, 0.25) is 5.91 Å². The highest BCUT2D eigenvalue weighted by molar-refractivity contribution is 5.95. The van der Waals surface area contributed by atoms with Crippen LogP contribution < -0.4 is 10.6 Å². The Morgan fingerprint density at radius 3 is 2.65 bits per heavy atom. The number of hydrogen-bond donors (Lipinski definition) is 2. The summed E-state index contributed by atoms with van der Waals surface area (Å²) >= 11 is 0. The number of carbonyl (C=O) groups is 1. The number of rotatable bonds is 3. The lowest BCUT2D eigenvalue weighted by atomic mass is 9.74. The van der Waals surface area contributed by atoms with Gasteiger partial charge in [0.05, 0.1) is 0 Å². The van der Waals surface area contributed by atoms with Crippen LogP contribution in [0, 0.1) is 25.2 Å². The molecule has 0 saturated carbocycles. The summed E-state index contributed by atoms with van der Waals surface area (Å²) in [6.45, 7) is 10.3. The maximum absolute atomic E-state index is 12.6. The molecular weight excluding hydrogens is 248 g/mol. The molecular formula is C17H26N2O. The van der Waals surface area contributed by atoms with Crippen LogP contribution in [0.25, 0.3) is 0 Å². The molecule has 1 fully saturated rings. The van der Waals surface area contributed by atoms with Crippen LogP contribution in [0.2, 0.25) is 0 Å². The third-order valence-corrected chi connectivity index (χ3v) is 4.67. The molecule has 1 aromatic carbocycles. The Hall–Kier alpha value is -1.35. The summed E-state index contributed by atoms with van der Waals surface area (Å²) in [6.07, 6.45) is 2.28. The van der Waals surface area contributed by atoms with Crippen LogP contribution >= 0.6 is 0 Å². The molecule has 0 aromatic heterocycles. The van der Waals surface area contributed by atoms with Crippen LogP contribution in [0.15, 0.2) is 18.2 Å². The number of anilines is 1. The molecule has 1 amide bonds. The smallest absolute Gasteiger partial charge is 0.230 e. The van der Waals surface area contributed by atoms with Crippen molar-refractivity contribution in [2.24, 2.45) is 11.3 Å². The van der Waals surface area contributed by atoms with Gasteiger partial charge in [0.25, 0.3) is 0 Å². The molecule has 0 bridgehead atoms. The number of aryl methyl sites for hydroxylation is 2. The molecule has 0 radical (unpaired) electrons. The van der Waals surface area contributed by atoms with E-state index in [2.05, 4.69) is 44.4 Å². The third kappa shape index (κ3) is 3.21. The molecule has 2 rings (SSSR count). The molecule has 1 aromatic rings. The minimum atomic E-state index is -0.341.